The fourth-order valence-corrected chi connectivity index (χ4v) is 2.88. The number of nitrogens with two attached hydrogens (primary N) is 1. The SMILES string of the molecule is NCCN1CNCC12CCCCC2. The lowest BCUT2D eigenvalue weighted by atomic mass is 9.81. The lowest BCUT2D eigenvalue weighted by molar-refractivity contribution is 0.106. The molecule has 0 bridgehead atoms. The van der Waals surface area contributed by atoms with Crippen molar-refractivity contribution in [2.24, 2.45) is 5.73 Å². The molecular formula is C10H21N3. The Morgan fingerprint density at radius 1 is 1.23 bits per heavy atom. The second-order valence-electron chi connectivity index (χ2n) is 4.42. The van der Waals surface area contributed by atoms with Crippen LogP contribution in [0.2, 0.25) is 0 Å². The fraction of sp³-hybridized carbons (Fsp3) is 1.00. The Morgan fingerprint density at radius 2 is 2.00 bits per heavy atom. The van der Waals surface area contributed by atoms with Gasteiger partial charge in [0.25, 0.3) is 0 Å². The standard InChI is InChI=1S/C10H21N3/c11-6-7-13-9-12-8-10(13)4-2-1-3-5-10/h12H,1-9,11H2. The topological polar surface area (TPSA) is 41.3 Å². The van der Waals surface area contributed by atoms with Crippen molar-refractivity contribution in [3.05, 3.63) is 0 Å². The summed E-state index contributed by atoms with van der Waals surface area (Å²) in [5.74, 6) is 0. The van der Waals surface area contributed by atoms with Gasteiger partial charge in [0, 0.05) is 31.8 Å². The Kier molecular flexibility index (Phi) is 2.86. The Bertz CT molecular complexity index is 164. The molecule has 3 heteroatoms. The minimum absolute atomic E-state index is 0.484. The fourth-order valence-electron chi connectivity index (χ4n) is 2.88. The molecule has 2 rings (SSSR count). The third-order valence-electron chi connectivity index (χ3n) is 3.61. The van der Waals surface area contributed by atoms with Crippen molar-refractivity contribution in [3.63, 3.8) is 0 Å². The third kappa shape index (κ3) is 1.73. The van der Waals surface area contributed by atoms with Gasteiger partial charge in [0.05, 0.1) is 0 Å². The lowest BCUT2D eigenvalue weighted by Gasteiger charge is -2.40. The zero-order valence-corrected chi connectivity index (χ0v) is 8.39. The molecule has 0 unspecified atom stereocenters. The van der Waals surface area contributed by atoms with Crippen LogP contribution >= 0.6 is 0 Å². The van der Waals surface area contributed by atoms with Crippen LogP contribution in [-0.2, 0) is 0 Å². The van der Waals surface area contributed by atoms with E-state index >= 15 is 0 Å². The zero-order valence-electron chi connectivity index (χ0n) is 8.39. The minimum atomic E-state index is 0.484. The summed E-state index contributed by atoms with van der Waals surface area (Å²) in [6.07, 6.45) is 6.99. The number of nitrogens with one attached hydrogen (secondary N) is 1. The normalized spacial score (nSPS) is 28.4. The van der Waals surface area contributed by atoms with Crippen LogP contribution in [0.3, 0.4) is 0 Å². The maximum atomic E-state index is 5.63. The first-order chi connectivity index (χ1) is 6.37. The molecule has 1 saturated carbocycles. The average molecular weight is 183 g/mol. The largest absolute Gasteiger partial charge is 0.329 e. The second-order valence-corrected chi connectivity index (χ2v) is 4.42. The number of hydrogen-bond acceptors (Lipinski definition) is 3. The highest BCUT2D eigenvalue weighted by Crippen LogP contribution is 2.34. The van der Waals surface area contributed by atoms with E-state index in [0.29, 0.717) is 5.54 Å². The van der Waals surface area contributed by atoms with E-state index in [1.54, 1.807) is 0 Å². The van der Waals surface area contributed by atoms with E-state index in [-0.39, 0.29) is 0 Å². The first kappa shape index (κ1) is 9.44. The summed E-state index contributed by atoms with van der Waals surface area (Å²) in [6, 6.07) is 0. The van der Waals surface area contributed by atoms with Gasteiger partial charge in [0.2, 0.25) is 0 Å². The highest BCUT2D eigenvalue weighted by atomic mass is 15.3. The van der Waals surface area contributed by atoms with E-state index in [9.17, 15) is 0 Å². The molecule has 2 fully saturated rings. The molecule has 13 heavy (non-hydrogen) atoms. The molecule has 0 aromatic carbocycles. The number of nitrogens with zero attached hydrogens (tertiary/aromatic N) is 1. The van der Waals surface area contributed by atoms with Crippen LogP contribution in [0, 0.1) is 0 Å². The molecule has 2 aliphatic rings. The molecule has 1 saturated heterocycles. The van der Waals surface area contributed by atoms with E-state index < -0.39 is 0 Å². The third-order valence-corrected chi connectivity index (χ3v) is 3.61. The molecular weight excluding hydrogens is 162 g/mol. The van der Waals surface area contributed by atoms with Crippen LogP contribution in [0.25, 0.3) is 0 Å². The van der Waals surface area contributed by atoms with Crippen molar-refractivity contribution < 1.29 is 0 Å². The van der Waals surface area contributed by atoms with E-state index in [0.717, 1.165) is 19.8 Å². The van der Waals surface area contributed by atoms with Crippen LogP contribution in [0.15, 0.2) is 0 Å². The molecule has 1 aliphatic heterocycles. The second kappa shape index (κ2) is 3.95. The lowest BCUT2D eigenvalue weighted by Crippen LogP contribution is -2.49. The van der Waals surface area contributed by atoms with E-state index in [2.05, 4.69) is 10.2 Å². The highest BCUT2D eigenvalue weighted by Gasteiger charge is 2.40. The van der Waals surface area contributed by atoms with Gasteiger partial charge in [-0.3, -0.25) is 4.90 Å². The predicted octanol–water partition coefficient (Wildman–Crippen LogP) is 0.511. The summed E-state index contributed by atoms with van der Waals surface area (Å²) in [7, 11) is 0. The van der Waals surface area contributed by atoms with Crippen LogP contribution in [0.5, 0.6) is 0 Å². The molecule has 0 radical (unpaired) electrons. The predicted molar refractivity (Wildman–Crippen MR) is 54.4 cm³/mol. The highest BCUT2D eigenvalue weighted by molar-refractivity contribution is 4.98. The molecule has 0 atom stereocenters. The first-order valence-corrected chi connectivity index (χ1v) is 5.53. The monoisotopic (exact) mass is 183 g/mol. The van der Waals surface area contributed by atoms with E-state index in [1.165, 1.54) is 38.6 Å². The van der Waals surface area contributed by atoms with Crippen LogP contribution < -0.4 is 11.1 Å². The van der Waals surface area contributed by atoms with Crippen LogP contribution in [0.4, 0.5) is 0 Å². The van der Waals surface area contributed by atoms with Gasteiger partial charge >= 0.3 is 0 Å². The van der Waals surface area contributed by atoms with Gasteiger partial charge in [-0.05, 0) is 12.8 Å². The number of rotatable bonds is 2. The van der Waals surface area contributed by atoms with Crippen LogP contribution in [0.1, 0.15) is 32.1 Å². The molecule has 3 nitrogen and oxygen atoms in total. The zero-order chi connectivity index (χ0) is 9.15. The van der Waals surface area contributed by atoms with Crippen LogP contribution in [-0.4, -0.2) is 36.7 Å². The summed E-state index contributed by atoms with van der Waals surface area (Å²) in [5.41, 5.74) is 6.11. The molecule has 1 aliphatic carbocycles. The summed E-state index contributed by atoms with van der Waals surface area (Å²) < 4.78 is 0. The number of hydrogen-bond donors (Lipinski definition) is 2. The van der Waals surface area contributed by atoms with Crippen molar-refractivity contribution in [3.8, 4) is 0 Å². The molecule has 76 valence electrons. The summed E-state index contributed by atoms with van der Waals surface area (Å²) in [4.78, 5) is 2.56. The molecule has 0 amide bonds. The van der Waals surface area contributed by atoms with Gasteiger partial charge in [-0.15, -0.1) is 0 Å². The average Bonchev–Trinajstić information content (AvgIpc) is 2.52. The molecule has 1 spiro atoms. The van der Waals surface area contributed by atoms with Gasteiger partial charge in [-0.25, -0.2) is 0 Å². The van der Waals surface area contributed by atoms with Gasteiger partial charge in [-0.2, -0.15) is 0 Å². The maximum Gasteiger partial charge on any atom is 0.0487 e. The molecule has 0 aromatic heterocycles. The van der Waals surface area contributed by atoms with E-state index in [1.807, 2.05) is 0 Å². The Morgan fingerprint density at radius 3 is 2.69 bits per heavy atom. The van der Waals surface area contributed by atoms with Gasteiger partial charge < -0.3 is 11.1 Å². The van der Waals surface area contributed by atoms with Crippen molar-refractivity contribution in [1.82, 2.24) is 10.2 Å². The van der Waals surface area contributed by atoms with Crippen molar-refractivity contribution in [2.75, 3.05) is 26.3 Å². The van der Waals surface area contributed by atoms with Gasteiger partial charge in [-0.1, -0.05) is 19.3 Å². The summed E-state index contributed by atoms with van der Waals surface area (Å²) >= 11 is 0. The molecule has 3 N–H and O–H groups in total. The summed E-state index contributed by atoms with van der Waals surface area (Å²) in [5, 5.41) is 3.49. The minimum Gasteiger partial charge on any atom is -0.329 e. The maximum absolute atomic E-state index is 5.63. The molecule has 1 heterocycles. The Balaban J connectivity index is 2.00. The Hall–Kier alpha value is -0.120. The van der Waals surface area contributed by atoms with Crippen molar-refractivity contribution in [1.29, 1.82) is 0 Å². The quantitative estimate of drug-likeness (QED) is 0.655. The van der Waals surface area contributed by atoms with Crippen molar-refractivity contribution in [2.45, 2.75) is 37.6 Å². The summed E-state index contributed by atoms with van der Waals surface area (Å²) in [6.45, 7) is 4.10. The molecule has 0 aromatic rings. The Labute approximate surface area is 80.7 Å². The van der Waals surface area contributed by atoms with Gasteiger partial charge in [0.15, 0.2) is 0 Å². The van der Waals surface area contributed by atoms with E-state index in [4.69, 9.17) is 5.73 Å². The van der Waals surface area contributed by atoms with Crippen molar-refractivity contribution >= 4 is 0 Å². The first-order valence-electron chi connectivity index (χ1n) is 5.53. The smallest absolute Gasteiger partial charge is 0.0487 e. The van der Waals surface area contributed by atoms with Gasteiger partial charge in [0.1, 0.15) is 0 Å².